The van der Waals surface area contributed by atoms with E-state index in [0.717, 1.165) is 42.9 Å². The molecule has 3 rings (SSSR count). The lowest BCUT2D eigenvalue weighted by atomic mass is 9.87. The predicted molar refractivity (Wildman–Crippen MR) is 104 cm³/mol. The average molecular weight is 357 g/mol. The molecule has 142 valence electrons. The molecule has 1 atom stereocenters. The van der Waals surface area contributed by atoms with Crippen LogP contribution in [0.1, 0.15) is 51.0 Å². The van der Waals surface area contributed by atoms with Crippen LogP contribution >= 0.6 is 0 Å². The summed E-state index contributed by atoms with van der Waals surface area (Å²) in [6.07, 6.45) is 6.29. The number of hydrogen-bond acceptors (Lipinski definition) is 2. The van der Waals surface area contributed by atoms with Crippen LogP contribution in [-0.2, 0) is 4.79 Å². The van der Waals surface area contributed by atoms with E-state index in [-0.39, 0.29) is 17.9 Å². The van der Waals surface area contributed by atoms with Gasteiger partial charge in [0, 0.05) is 24.8 Å². The molecule has 0 bridgehead atoms. The van der Waals surface area contributed by atoms with Gasteiger partial charge < -0.3 is 15.5 Å². The molecule has 1 unspecified atom stereocenters. The van der Waals surface area contributed by atoms with Gasteiger partial charge in [-0.05, 0) is 69.1 Å². The van der Waals surface area contributed by atoms with E-state index in [2.05, 4.69) is 17.6 Å². The van der Waals surface area contributed by atoms with Crippen LogP contribution < -0.4 is 10.6 Å². The molecule has 0 spiro atoms. The number of urea groups is 1. The summed E-state index contributed by atoms with van der Waals surface area (Å²) in [7, 11) is 0. The first-order valence-electron chi connectivity index (χ1n) is 9.94. The van der Waals surface area contributed by atoms with Gasteiger partial charge >= 0.3 is 6.03 Å². The lowest BCUT2D eigenvalue weighted by molar-refractivity contribution is -0.127. The van der Waals surface area contributed by atoms with E-state index in [9.17, 15) is 9.59 Å². The number of aryl methyl sites for hydroxylation is 1. The summed E-state index contributed by atoms with van der Waals surface area (Å²) in [4.78, 5) is 27.0. The smallest absolute Gasteiger partial charge is 0.321 e. The Labute approximate surface area is 156 Å². The highest BCUT2D eigenvalue weighted by atomic mass is 16.2. The molecule has 1 aromatic rings. The van der Waals surface area contributed by atoms with Crippen LogP contribution in [0.15, 0.2) is 24.3 Å². The maximum absolute atomic E-state index is 12.6. The molecule has 2 N–H and O–H groups in total. The number of rotatable bonds is 3. The Hall–Kier alpha value is -2.04. The molecule has 1 heterocycles. The van der Waals surface area contributed by atoms with Gasteiger partial charge in [-0.1, -0.05) is 19.1 Å². The summed E-state index contributed by atoms with van der Waals surface area (Å²) in [5, 5.41) is 6.18. The number of benzene rings is 1. The number of nitrogens with zero attached hydrogens (tertiary/aromatic N) is 1. The summed E-state index contributed by atoms with van der Waals surface area (Å²) < 4.78 is 0. The highest BCUT2D eigenvalue weighted by Crippen LogP contribution is 2.25. The van der Waals surface area contributed by atoms with Gasteiger partial charge in [0.15, 0.2) is 0 Å². The first-order chi connectivity index (χ1) is 12.5. The third-order valence-electron chi connectivity index (χ3n) is 5.71. The van der Waals surface area contributed by atoms with Gasteiger partial charge in [0.1, 0.15) is 0 Å². The maximum atomic E-state index is 12.6. The first-order valence-corrected chi connectivity index (χ1v) is 9.94. The summed E-state index contributed by atoms with van der Waals surface area (Å²) >= 11 is 0. The molecular weight excluding hydrogens is 326 g/mol. The van der Waals surface area contributed by atoms with Gasteiger partial charge in [-0.3, -0.25) is 4.79 Å². The number of piperidine rings is 1. The van der Waals surface area contributed by atoms with Crippen molar-refractivity contribution >= 4 is 17.6 Å². The second-order valence-electron chi connectivity index (χ2n) is 8.05. The number of carbonyl (C=O) groups is 2. The molecule has 1 saturated heterocycles. The molecule has 1 saturated carbocycles. The van der Waals surface area contributed by atoms with Crippen molar-refractivity contribution in [3.8, 4) is 0 Å². The lowest BCUT2D eigenvalue weighted by Gasteiger charge is -2.34. The van der Waals surface area contributed by atoms with Crippen LogP contribution in [0.25, 0.3) is 0 Å². The van der Waals surface area contributed by atoms with Crippen LogP contribution in [-0.4, -0.2) is 36.0 Å². The molecule has 5 heteroatoms. The van der Waals surface area contributed by atoms with Crippen LogP contribution in [0.4, 0.5) is 10.5 Å². The van der Waals surface area contributed by atoms with Crippen LogP contribution in [0.2, 0.25) is 0 Å². The van der Waals surface area contributed by atoms with Crippen molar-refractivity contribution in [3.05, 3.63) is 29.8 Å². The molecule has 26 heavy (non-hydrogen) atoms. The summed E-state index contributed by atoms with van der Waals surface area (Å²) in [6, 6.07) is 7.99. The minimum atomic E-state index is -0.111. The maximum Gasteiger partial charge on any atom is 0.321 e. The second kappa shape index (κ2) is 8.56. The molecule has 1 aromatic carbocycles. The van der Waals surface area contributed by atoms with E-state index in [1.54, 1.807) is 4.90 Å². The molecule has 3 amide bonds. The van der Waals surface area contributed by atoms with Gasteiger partial charge in [-0.25, -0.2) is 4.79 Å². The highest BCUT2D eigenvalue weighted by Gasteiger charge is 2.30. The summed E-state index contributed by atoms with van der Waals surface area (Å²) in [6.45, 7) is 5.50. The zero-order valence-corrected chi connectivity index (χ0v) is 16.0. The third-order valence-corrected chi connectivity index (χ3v) is 5.71. The molecular formula is C21H31N3O2. The van der Waals surface area contributed by atoms with Gasteiger partial charge in [-0.2, -0.15) is 0 Å². The largest absolute Gasteiger partial charge is 0.353 e. The van der Waals surface area contributed by atoms with Crippen molar-refractivity contribution in [1.29, 1.82) is 0 Å². The third kappa shape index (κ3) is 4.99. The fraction of sp³-hybridized carbons (Fsp3) is 0.619. The highest BCUT2D eigenvalue weighted by molar-refractivity contribution is 5.90. The monoisotopic (exact) mass is 357 g/mol. The van der Waals surface area contributed by atoms with E-state index >= 15 is 0 Å². The molecule has 0 aromatic heterocycles. The Morgan fingerprint density at radius 3 is 2.62 bits per heavy atom. The zero-order valence-electron chi connectivity index (χ0n) is 16.0. The van der Waals surface area contributed by atoms with Gasteiger partial charge in [0.05, 0.1) is 5.92 Å². The van der Waals surface area contributed by atoms with Crippen molar-refractivity contribution in [2.75, 3.05) is 18.4 Å². The summed E-state index contributed by atoms with van der Waals surface area (Å²) in [5.74, 6) is 0.808. The van der Waals surface area contributed by atoms with E-state index in [4.69, 9.17) is 0 Å². The Morgan fingerprint density at radius 1 is 1.12 bits per heavy atom. The average Bonchev–Trinajstić information content (AvgIpc) is 2.64. The summed E-state index contributed by atoms with van der Waals surface area (Å²) in [5.41, 5.74) is 1.92. The van der Waals surface area contributed by atoms with Gasteiger partial charge in [0.2, 0.25) is 5.91 Å². The number of anilines is 1. The predicted octanol–water partition coefficient (Wildman–Crippen LogP) is 3.93. The van der Waals surface area contributed by atoms with Crippen molar-refractivity contribution in [2.45, 2.75) is 58.4 Å². The molecule has 1 aliphatic heterocycles. The Kier molecular flexibility index (Phi) is 6.17. The fourth-order valence-electron chi connectivity index (χ4n) is 4.02. The van der Waals surface area contributed by atoms with Gasteiger partial charge in [0.25, 0.3) is 0 Å². The van der Waals surface area contributed by atoms with Crippen molar-refractivity contribution in [1.82, 2.24) is 10.2 Å². The topological polar surface area (TPSA) is 61.4 Å². The van der Waals surface area contributed by atoms with Crippen molar-refractivity contribution in [2.24, 2.45) is 11.8 Å². The van der Waals surface area contributed by atoms with Crippen molar-refractivity contribution < 1.29 is 9.59 Å². The minimum absolute atomic E-state index is 0.0913. The molecule has 0 radical (unpaired) electrons. The molecule has 1 aliphatic carbocycles. The van der Waals surface area contributed by atoms with E-state index in [0.29, 0.717) is 19.1 Å². The number of hydrogen-bond donors (Lipinski definition) is 2. The van der Waals surface area contributed by atoms with E-state index in [1.165, 1.54) is 12.8 Å². The molecule has 2 aliphatic rings. The van der Waals surface area contributed by atoms with Crippen molar-refractivity contribution in [3.63, 3.8) is 0 Å². The Bertz CT molecular complexity index is 638. The zero-order chi connectivity index (χ0) is 18.5. The van der Waals surface area contributed by atoms with Crippen LogP contribution in [0, 0.1) is 18.8 Å². The Balaban J connectivity index is 1.51. The second-order valence-corrected chi connectivity index (χ2v) is 8.05. The standard InChI is InChI=1S/C21H31N3O2/c1-15-8-10-18(11-9-15)22-20(25)17-6-4-12-24(14-17)21(26)23-19-7-3-5-16(2)13-19/h3,5,7,13,15,17-18H,4,6,8-12,14H2,1-2H3,(H,22,25)(H,23,26). The minimum Gasteiger partial charge on any atom is -0.353 e. The van der Waals surface area contributed by atoms with Gasteiger partial charge in [-0.15, -0.1) is 0 Å². The molecule has 2 fully saturated rings. The molecule has 5 nitrogen and oxygen atoms in total. The lowest BCUT2D eigenvalue weighted by Crippen LogP contribution is -2.49. The van der Waals surface area contributed by atoms with E-state index in [1.807, 2.05) is 31.2 Å². The first kappa shape index (κ1) is 18.7. The Morgan fingerprint density at radius 2 is 1.88 bits per heavy atom. The van der Waals surface area contributed by atoms with Crippen LogP contribution in [0.3, 0.4) is 0 Å². The number of likely N-dealkylation sites (tertiary alicyclic amines) is 1. The van der Waals surface area contributed by atoms with Crippen LogP contribution in [0.5, 0.6) is 0 Å². The SMILES string of the molecule is Cc1cccc(NC(=O)N2CCCC(C(=O)NC3CCC(C)CC3)C2)c1. The number of carbonyl (C=O) groups excluding carboxylic acids is 2. The normalized spacial score (nSPS) is 26.2. The quantitative estimate of drug-likeness (QED) is 0.861. The van der Waals surface area contributed by atoms with E-state index < -0.39 is 0 Å². The number of nitrogens with one attached hydrogen (secondary N) is 2. The number of amides is 3. The fourth-order valence-corrected chi connectivity index (χ4v) is 4.02.